The van der Waals surface area contributed by atoms with Crippen LogP contribution in [0, 0.1) is 5.82 Å². The fourth-order valence-electron chi connectivity index (χ4n) is 4.07. The van der Waals surface area contributed by atoms with Gasteiger partial charge < -0.3 is 10.1 Å². The molecule has 36 heavy (non-hydrogen) atoms. The molecular formula is C25H24Cl2FN5O3. The van der Waals surface area contributed by atoms with Crippen molar-refractivity contribution in [3.63, 3.8) is 0 Å². The van der Waals surface area contributed by atoms with Gasteiger partial charge in [0.05, 0.1) is 29.0 Å². The van der Waals surface area contributed by atoms with Crippen LogP contribution in [0.4, 0.5) is 26.4 Å². The number of fused-ring (bicyclic) bond motifs is 1. The van der Waals surface area contributed by atoms with Gasteiger partial charge in [-0.15, -0.1) is 0 Å². The lowest BCUT2D eigenvalue weighted by Crippen LogP contribution is -2.29. The maximum absolute atomic E-state index is 13.7. The van der Waals surface area contributed by atoms with E-state index in [0.29, 0.717) is 28.9 Å². The van der Waals surface area contributed by atoms with Crippen LogP contribution in [-0.2, 0) is 4.79 Å². The Bertz CT molecular complexity index is 1310. The summed E-state index contributed by atoms with van der Waals surface area (Å²) in [6, 6.07) is 6.96. The molecule has 1 N–H and O–H groups in total. The Balaban J connectivity index is 1.66. The molecule has 0 saturated carbocycles. The standard InChI is InChI=1S/C25H24Cl2FN5O3/c1-36-22-14-20-17(13-21(22)31-23(34)6-5-11-32-9-3-2-4-10-32)24(30-15-29-20)33(25(27)35)16-7-8-19(28)18(26)12-16/h5-8,12-15H,2-4,9-11H2,1H3,(H,31,34)/b6-5+. The van der Waals surface area contributed by atoms with Crippen LogP contribution in [0.15, 0.2) is 48.8 Å². The van der Waals surface area contributed by atoms with Crippen molar-refractivity contribution in [1.29, 1.82) is 0 Å². The van der Waals surface area contributed by atoms with Gasteiger partial charge in [-0.1, -0.05) is 24.1 Å². The van der Waals surface area contributed by atoms with Gasteiger partial charge in [0.25, 0.3) is 0 Å². The Morgan fingerprint density at radius 1 is 1.19 bits per heavy atom. The van der Waals surface area contributed by atoms with Crippen molar-refractivity contribution >= 4 is 62.6 Å². The first-order valence-corrected chi connectivity index (χ1v) is 12.1. The summed E-state index contributed by atoms with van der Waals surface area (Å²) in [5, 5.41) is 2.14. The number of ether oxygens (including phenoxy) is 1. The third kappa shape index (κ3) is 5.92. The van der Waals surface area contributed by atoms with E-state index < -0.39 is 11.2 Å². The van der Waals surface area contributed by atoms with Gasteiger partial charge >= 0.3 is 5.37 Å². The third-order valence-electron chi connectivity index (χ3n) is 5.82. The van der Waals surface area contributed by atoms with Gasteiger partial charge in [0, 0.05) is 24.1 Å². The van der Waals surface area contributed by atoms with E-state index in [1.54, 1.807) is 12.1 Å². The van der Waals surface area contributed by atoms with Crippen LogP contribution in [0.5, 0.6) is 5.75 Å². The average Bonchev–Trinajstić information content (AvgIpc) is 2.86. The molecule has 0 atom stereocenters. The highest BCUT2D eigenvalue weighted by molar-refractivity contribution is 6.67. The van der Waals surface area contributed by atoms with Crippen molar-refractivity contribution in [1.82, 2.24) is 14.9 Å². The number of halogens is 3. The monoisotopic (exact) mass is 531 g/mol. The average molecular weight is 532 g/mol. The molecule has 1 aromatic heterocycles. The van der Waals surface area contributed by atoms with Crippen LogP contribution in [0.3, 0.4) is 0 Å². The summed E-state index contributed by atoms with van der Waals surface area (Å²) in [6.07, 6.45) is 8.16. The molecule has 1 saturated heterocycles. The first-order chi connectivity index (χ1) is 17.4. The Morgan fingerprint density at radius 2 is 1.97 bits per heavy atom. The van der Waals surface area contributed by atoms with E-state index in [9.17, 15) is 14.0 Å². The topological polar surface area (TPSA) is 87.7 Å². The smallest absolute Gasteiger partial charge is 0.326 e. The number of benzene rings is 2. The number of amides is 2. The van der Waals surface area contributed by atoms with Crippen LogP contribution >= 0.6 is 23.2 Å². The first kappa shape index (κ1) is 25.8. The fourth-order valence-corrected chi connectivity index (χ4v) is 4.42. The lowest BCUT2D eigenvalue weighted by atomic mass is 10.1. The van der Waals surface area contributed by atoms with E-state index in [1.807, 2.05) is 6.08 Å². The molecule has 1 aliphatic rings. The maximum atomic E-state index is 13.7. The van der Waals surface area contributed by atoms with Crippen molar-refractivity contribution in [3.8, 4) is 5.75 Å². The zero-order chi connectivity index (χ0) is 25.7. The van der Waals surface area contributed by atoms with Crippen LogP contribution in [0.1, 0.15) is 19.3 Å². The van der Waals surface area contributed by atoms with Crippen molar-refractivity contribution in [2.75, 3.05) is 37.0 Å². The van der Waals surface area contributed by atoms with Crippen molar-refractivity contribution in [2.24, 2.45) is 0 Å². The molecule has 2 heterocycles. The number of anilines is 3. The first-order valence-electron chi connectivity index (χ1n) is 11.3. The van der Waals surface area contributed by atoms with Gasteiger partial charge in [-0.2, -0.15) is 0 Å². The molecule has 4 rings (SSSR count). The number of nitrogens with zero attached hydrogens (tertiary/aromatic N) is 4. The minimum absolute atomic E-state index is 0.126. The molecule has 2 amide bonds. The van der Waals surface area contributed by atoms with E-state index in [-0.39, 0.29) is 22.4 Å². The molecule has 11 heteroatoms. The predicted octanol–water partition coefficient (Wildman–Crippen LogP) is 5.91. The van der Waals surface area contributed by atoms with Gasteiger partial charge in [-0.25, -0.2) is 14.4 Å². The number of methoxy groups -OCH3 is 1. The van der Waals surface area contributed by atoms with Gasteiger partial charge in [0.15, 0.2) is 5.82 Å². The second-order valence-corrected chi connectivity index (χ2v) is 8.94. The predicted molar refractivity (Wildman–Crippen MR) is 139 cm³/mol. The summed E-state index contributed by atoms with van der Waals surface area (Å²) in [4.78, 5) is 36.9. The highest BCUT2D eigenvalue weighted by Gasteiger charge is 2.23. The lowest BCUT2D eigenvalue weighted by Gasteiger charge is -2.24. The molecule has 0 aliphatic carbocycles. The Hall–Kier alpha value is -3.27. The number of carbonyl (C=O) groups is 2. The number of piperidine rings is 1. The van der Waals surface area contributed by atoms with E-state index in [4.69, 9.17) is 27.9 Å². The second-order valence-electron chi connectivity index (χ2n) is 8.21. The molecule has 1 aliphatic heterocycles. The maximum Gasteiger partial charge on any atom is 0.326 e. The lowest BCUT2D eigenvalue weighted by molar-refractivity contribution is -0.111. The van der Waals surface area contributed by atoms with Gasteiger partial charge in [0.2, 0.25) is 5.91 Å². The Morgan fingerprint density at radius 3 is 2.67 bits per heavy atom. The molecule has 0 radical (unpaired) electrons. The van der Waals surface area contributed by atoms with E-state index in [1.165, 1.54) is 50.9 Å². The number of hydrogen-bond donors (Lipinski definition) is 1. The van der Waals surface area contributed by atoms with Crippen LogP contribution < -0.4 is 15.0 Å². The van der Waals surface area contributed by atoms with Gasteiger partial charge in [-0.05, 0) is 61.8 Å². The molecule has 3 aromatic rings. The Kier molecular flexibility index (Phi) is 8.35. The van der Waals surface area contributed by atoms with E-state index in [2.05, 4.69) is 20.2 Å². The highest BCUT2D eigenvalue weighted by Crippen LogP contribution is 2.37. The third-order valence-corrected chi connectivity index (χ3v) is 6.28. The molecule has 0 spiro atoms. The number of hydrogen-bond acceptors (Lipinski definition) is 6. The minimum Gasteiger partial charge on any atom is -0.494 e. The SMILES string of the molecule is COc1cc2ncnc(N(C(=O)Cl)c3ccc(F)c(Cl)c3)c2cc1NC(=O)/C=C/CN1CCCCC1. The van der Waals surface area contributed by atoms with Crippen LogP contribution in [0.25, 0.3) is 10.9 Å². The summed E-state index contributed by atoms with van der Waals surface area (Å²) >= 11 is 11.8. The summed E-state index contributed by atoms with van der Waals surface area (Å²) in [5.74, 6) is -0.475. The van der Waals surface area contributed by atoms with Crippen LogP contribution in [-0.4, -0.2) is 52.9 Å². The van der Waals surface area contributed by atoms with E-state index in [0.717, 1.165) is 24.1 Å². The minimum atomic E-state index is -0.889. The largest absolute Gasteiger partial charge is 0.494 e. The zero-order valence-electron chi connectivity index (χ0n) is 19.5. The molecule has 2 aromatic carbocycles. The quantitative estimate of drug-likeness (QED) is 0.231. The van der Waals surface area contributed by atoms with Crippen molar-refractivity contribution < 1.29 is 18.7 Å². The number of rotatable bonds is 7. The van der Waals surface area contributed by atoms with Crippen molar-refractivity contribution in [2.45, 2.75) is 19.3 Å². The summed E-state index contributed by atoms with van der Waals surface area (Å²) in [7, 11) is 1.47. The van der Waals surface area contributed by atoms with Gasteiger partial charge in [0.1, 0.15) is 17.9 Å². The second kappa shape index (κ2) is 11.6. The summed E-state index contributed by atoms with van der Waals surface area (Å²) in [6.45, 7) is 2.76. The number of likely N-dealkylation sites (tertiary alicyclic amines) is 1. The van der Waals surface area contributed by atoms with Crippen LogP contribution in [0.2, 0.25) is 5.02 Å². The summed E-state index contributed by atoms with van der Waals surface area (Å²) in [5.41, 5.74) is 1.00. The molecule has 8 nitrogen and oxygen atoms in total. The summed E-state index contributed by atoms with van der Waals surface area (Å²) < 4.78 is 19.2. The molecule has 0 bridgehead atoms. The fraction of sp³-hybridized carbons (Fsp3) is 0.280. The molecular weight excluding hydrogens is 508 g/mol. The Labute approximate surface area is 217 Å². The molecule has 1 fully saturated rings. The molecule has 0 unspecified atom stereocenters. The zero-order valence-corrected chi connectivity index (χ0v) is 21.0. The van der Waals surface area contributed by atoms with Crippen molar-refractivity contribution in [3.05, 3.63) is 59.7 Å². The normalized spacial score (nSPS) is 14.2. The number of nitrogens with one attached hydrogen (secondary N) is 1. The number of carbonyl (C=O) groups excluding carboxylic acids is 2. The van der Waals surface area contributed by atoms with Gasteiger partial charge in [-0.3, -0.25) is 19.4 Å². The number of aromatic nitrogens is 2. The highest BCUT2D eigenvalue weighted by atomic mass is 35.5. The molecule has 188 valence electrons. The van der Waals surface area contributed by atoms with E-state index >= 15 is 0 Å².